The van der Waals surface area contributed by atoms with E-state index in [1.54, 1.807) is 12.1 Å². The van der Waals surface area contributed by atoms with E-state index in [-0.39, 0.29) is 16.2 Å². The minimum atomic E-state index is -3.75. The molecule has 0 aliphatic heterocycles. The average Bonchev–Trinajstić information content (AvgIpc) is 2.25. The molecule has 0 fully saturated rings. The lowest BCUT2D eigenvalue weighted by Gasteiger charge is -2.17. The van der Waals surface area contributed by atoms with Crippen molar-refractivity contribution in [2.24, 2.45) is 10.6 Å². The number of sulfonamides is 1. The second kappa shape index (κ2) is 5.71. The van der Waals surface area contributed by atoms with Crippen molar-refractivity contribution >= 4 is 21.6 Å². The van der Waals surface area contributed by atoms with Gasteiger partial charge in [0.15, 0.2) is 0 Å². The van der Waals surface area contributed by atoms with Gasteiger partial charge < -0.3 is 5.32 Å². The first-order valence-corrected chi connectivity index (χ1v) is 7.55. The largest absolute Gasteiger partial charge is 0.326 e. The SMILES string of the molecule is CC(C)(C)CCC(=O)Nc1cccc(S(N)(=O)=O)c1. The summed E-state index contributed by atoms with van der Waals surface area (Å²) in [6.45, 7) is 6.17. The van der Waals surface area contributed by atoms with Gasteiger partial charge in [-0.25, -0.2) is 13.6 Å². The zero-order valence-corrected chi connectivity index (χ0v) is 12.3. The van der Waals surface area contributed by atoms with Crippen molar-refractivity contribution in [2.45, 2.75) is 38.5 Å². The van der Waals surface area contributed by atoms with E-state index in [9.17, 15) is 13.2 Å². The third-order valence-corrected chi connectivity index (χ3v) is 3.46. The summed E-state index contributed by atoms with van der Waals surface area (Å²) in [6.07, 6.45) is 1.15. The molecule has 1 aromatic carbocycles. The van der Waals surface area contributed by atoms with E-state index in [1.165, 1.54) is 12.1 Å². The van der Waals surface area contributed by atoms with Crippen LogP contribution in [0.4, 0.5) is 5.69 Å². The van der Waals surface area contributed by atoms with Gasteiger partial charge in [-0.2, -0.15) is 0 Å². The highest BCUT2D eigenvalue weighted by molar-refractivity contribution is 7.89. The minimum absolute atomic E-state index is 0.0129. The number of amides is 1. The predicted octanol–water partition coefficient (Wildman–Crippen LogP) is 2.10. The normalized spacial score (nSPS) is 12.2. The Labute approximate surface area is 114 Å². The number of hydrogen-bond donors (Lipinski definition) is 2. The molecule has 0 radical (unpaired) electrons. The molecule has 0 spiro atoms. The zero-order chi connectivity index (χ0) is 14.7. The molecule has 0 aliphatic carbocycles. The van der Waals surface area contributed by atoms with E-state index in [0.717, 1.165) is 6.42 Å². The van der Waals surface area contributed by atoms with Crippen molar-refractivity contribution in [2.75, 3.05) is 5.32 Å². The first kappa shape index (κ1) is 15.7. The molecule has 0 heterocycles. The number of carbonyl (C=O) groups is 1. The Hall–Kier alpha value is -1.40. The third kappa shape index (κ3) is 5.85. The van der Waals surface area contributed by atoms with Crippen LogP contribution in [-0.2, 0) is 14.8 Å². The molecule has 3 N–H and O–H groups in total. The van der Waals surface area contributed by atoms with Gasteiger partial charge in [-0.05, 0) is 30.0 Å². The van der Waals surface area contributed by atoms with Crippen LogP contribution in [-0.4, -0.2) is 14.3 Å². The van der Waals surface area contributed by atoms with Crippen LogP contribution in [0.5, 0.6) is 0 Å². The summed E-state index contributed by atoms with van der Waals surface area (Å²) in [5.41, 5.74) is 0.519. The van der Waals surface area contributed by atoms with Gasteiger partial charge in [0.25, 0.3) is 0 Å². The molecule has 0 bridgehead atoms. The Morgan fingerprint density at radius 2 is 1.95 bits per heavy atom. The minimum Gasteiger partial charge on any atom is -0.326 e. The predicted molar refractivity (Wildman–Crippen MR) is 75.1 cm³/mol. The highest BCUT2D eigenvalue weighted by Gasteiger charge is 2.14. The van der Waals surface area contributed by atoms with Crippen LogP contribution in [0.1, 0.15) is 33.6 Å². The Kier molecular flexibility index (Phi) is 4.70. The van der Waals surface area contributed by atoms with Crippen molar-refractivity contribution in [1.82, 2.24) is 0 Å². The van der Waals surface area contributed by atoms with Crippen LogP contribution in [0.3, 0.4) is 0 Å². The maximum atomic E-state index is 11.7. The first-order chi connectivity index (χ1) is 8.58. The Morgan fingerprint density at radius 3 is 2.47 bits per heavy atom. The molecule has 0 atom stereocenters. The number of nitrogens with one attached hydrogen (secondary N) is 1. The van der Waals surface area contributed by atoms with E-state index >= 15 is 0 Å². The second-order valence-corrected chi connectivity index (χ2v) is 7.24. The summed E-state index contributed by atoms with van der Waals surface area (Å²) in [5.74, 6) is -0.138. The van der Waals surface area contributed by atoms with Crippen molar-refractivity contribution in [1.29, 1.82) is 0 Å². The molecule has 0 aliphatic rings. The molecule has 0 aromatic heterocycles. The van der Waals surface area contributed by atoms with Gasteiger partial charge in [-0.15, -0.1) is 0 Å². The average molecular weight is 284 g/mol. The molecule has 0 unspecified atom stereocenters. The first-order valence-electron chi connectivity index (χ1n) is 6.01. The number of nitrogens with two attached hydrogens (primary N) is 1. The molecule has 1 rings (SSSR count). The Bertz CT molecular complexity index is 559. The smallest absolute Gasteiger partial charge is 0.238 e. The van der Waals surface area contributed by atoms with Crippen molar-refractivity contribution in [3.8, 4) is 0 Å². The molecule has 106 valence electrons. The highest BCUT2D eigenvalue weighted by atomic mass is 32.2. The Morgan fingerprint density at radius 1 is 1.32 bits per heavy atom. The number of rotatable bonds is 4. The number of carbonyl (C=O) groups excluding carboxylic acids is 1. The van der Waals surface area contributed by atoms with Gasteiger partial charge in [0.2, 0.25) is 15.9 Å². The van der Waals surface area contributed by atoms with E-state index in [0.29, 0.717) is 12.1 Å². The summed E-state index contributed by atoms with van der Waals surface area (Å²) in [4.78, 5) is 11.7. The molecule has 6 heteroatoms. The maximum absolute atomic E-state index is 11.7. The number of benzene rings is 1. The molecule has 0 saturated heterocycles. The van der Waals surface area contributed by atoms with E-state index in [2.05, 4.69) is 26.1 Å². The van der Waals surface area contributed by atoms with Gasteiger partial charge >= 0.3 is 0 Å². The van der Waals surface area contributed by atoms with Crippen molar-refractivity contribution in [3.05, 3.63) is 24.3 Å². The molecule has 1 amide bonds. The number of hydrogen-bond acceptors (Lipinski definition) is 3. The number of primary sulfonamides is 1. The van der Waals surface area contributed by atoms with Crippen LogP contribution in [0, 0.1) is 5.41 Å². The maximum Gasteiger partial charge on any atom is 0.238 e. The van der Waals surface area contributed by atoms with Crippen LogP contribution >= 0.6 is 0 Å². The van der Waals surface area contributed by atoms with Crippen LogP contribution < -0.4 is 10.5 Å². The molecule has 1 aromatic rings. The lowest BCUT2D eigenvalue weighted by molar-refractivity contribution is -0.116. The summed E-state index contributed by atoms with van der Waals surface area (Å²) in [5, 5.41) is 7.70. The summed E-state index contributed by atoms with van der Waals surface area (Å²) >= 11 is 0. The van der Waals surface area contributed by atoms with Gasteiger partial charge in [0.1, 0.15) is 0 Å². The van der Waals surface area contributed by atoms with Crippen LogP contribution in [0.2, 0.25) is 0 Å². The van der Waals surface area contributed by atoms with Crippen LogP contribution in [0.25, 0.3) is 0 Å². The lowest BCUT2D eigenvalue weighted by atomic mass is 9.90. The second-order valence-electron chi connectivity index (χ2n) is 5.68. The fraction of sp³-hybridized carbons (Fsp3) is 0.462. The monoisotopic (exact) mass is 284 g/mol. The quantitative estimate of drug-likeness (QED) is 0.887. The topological polar surface area (TPSA) is 89.3 Å². The van der Waals surface area contributed by atoms with Gasteiger partial charge in [0.05, 0.1) is 4.90 Å². The Balaban J connectivity index is 2.70. The summed E-state index contributed by atoms with van der Waals surface area (Å²) < 4.78 is 22.4. The molecule has 19 heavy (non-hydrogen) atoms. The molecular formula is C13H20N2O3S. The molecule has 0 saturated carbocycles. The fourth-order valence-electron chi connectivity index (χ4n) is 1.46. The summed E-state index contributed by atoms with van der Waals surface area (Å²) in [7, 11) is -3.75. The fourth-order valence-corrected chi connectivity index (χ4v) is 2.02. The standard InChI is InChI=1S/C13H20N2O3S/c1-13(2,3)8-7-12(16)15-10-5-4-6-11(9-10)19(14,17)18/h4-6,9H,7-8H2,1-3H3,(H,15,16)(H2,14,17,18). The molecular weight excluding hydrogens is 264 g/mol. The van der Waals surface area contributed by atoms with E-state index in [1.807, 2.05) is 0 Å². The van der Waals surface area contributed by atoms with Gasteiger partial charge in [0, 0.05) is 12.1 Å². The van der Waals surface area contributed by atoms with Gasteiger partial charge in [-0.1, -0.05) is 26.8 Å². The van der Waals surface area contributed by atoms with Crippen molar-refractivity contribution < 1.29 is 13.2 Å². The van der Waals surface area contributed by atoms with Crippen molar-refractivity contribution in [3.63, 3.8) is 0 Å². The van der Waals surface area contributed by atoms with E-state index in [4.69, 9.17) is 5.14 Å². The zero-order valence-electron chi connectivity index (χ0n) is 11.4. The van der Waals surface area contributed by atoms with Crippen LogP contribution in [0.15, 0.2) is 29.2 Å². The molecule has 5 nitrogen and oxygen atoms in total. The van der Waals surface area contributed by atoms with Gasteiger partial charge in [-0.3, -0.25) is 4.79 Å². The number of anilines is 1. The summed E-state index contributed by atoms with van der Waals surface area (Å²) in [6, 6.07) is 5.91. The third-order valence-electron chi connectivity index (χ3n) is 2.55. The lowest BCUT2D eigenvalue weighted by Crippen LogP contribution is -2.16. The van der Waals surface area contributed by atoms with E-state index < -0.39 is 10.0 Å². The highest BCUT2D eigenvalue weighted by Crippen LogP contribution is 2.21.